The van der Waals surface area contributed by atoms with Crippen molar-refractivity contribution in [3.8, 4) is 22.4 Å². The maximum Gasteiger partial charge on any atom is 0.412 e. The van der Waals surface area contributed by atoms with Crippen LogP contribution in [0.2, 0.25) is 0 Å². The number of carbonyl (C=O) groups is 2. The zero-order valence-corrected chi connectivity index (χ0v) is 20.7. The second kappa shape index (κ2) is 9.91. The molecule has 1 heterocycles. The number of carbonyl (C=O) groups excluding carboxylic acids is 2. The molecular formula is C28H25N3O4S. The van der Waals surface area contributed by atoms with Crippen molar-refractivity contribution >= 4 is 28.6 Å². The molecule has 5 rings (SSSR count). The van der Waals surface area contributed by atoms with Crippen LogP contribution in [0.1, 0.15) is 37.0 Å². The lowest BCUT2D eigenvalue weighted by atomic mass is 9.93. The van der Waals surface area contributed by atoms with E-state index in [0.29, 0.717) is 10.7 Å². The molecule has 0 unspecified atom stereocenters. The van der Waals surface area contributed by atoms with Gasteiger partial charge in [-0.2, -0.15) is 0 Å². The lowest BCUT2D eigenvalue weighted by Crippen LogP contribution is -2.21. The lowest BCUT2D eigenvalue weighted by molar-refractivity contribution is -0.143. The minimum Gasteiger partial charge on any atom is -0.468 e. The smallest absolute Gasteiger partial charge is 0.412 e. The number of ether oxygens (including phenoxy) is 2. The number of hydrogen-bond acceptors (Lipinski definition) is 7. The molecule has 0 radical (unpaired) electrons. The largest absolute Gasteiger partial charge is 0.468 e. The Kier molecular flexibility index (Phi) is 6.52. The first-order chi connectivity index (χ1) is 17.5. The average Bonchev–Trinajstić information content (AvgIpc) is 3.61. The molecule has 4 aromatic rings. The molecule has 36 heavy (non-hydrogen) atoms. The van der Waals surface area contributed by atoms with E-state index in [0.717, 1.165) is 52.2 Å². The van der Waals surface area contributed by atoms with Gasteiger partial charge in [0.15, 0.2) is 0 Å². The van der Waals surface area contributed by atoms with Crippen LogP contribution in [0.15, 0.2) is 78.9 Å². The highest BCUT2D eigenvalue weighted by molar-refractivity contribution is 7.10. The normalized spacial score (nSPS) is 14.5. The molecule has 1 aromatic heterocycles. The van der Waals surface area contributed by atoms with Gasteiger partial charge in [0.25, 0.3) is 0 Å². The predicted molar refractivity (Wildman–Crippen MR) is 139 cm³/mol. The van der Waals surface area contributed by atoms with Gasteiger partial charge in [0, 0.05) is 17.1 Å². The number of amides is 1. The summed E-state index contributed by atoms with van der Waals surface area (Å²) in [6.07, 6.45) is 0.703. The van der Waals surface area contributed by atoms with Crippen molar-refractivity contribution in [3.63, 3.8) is 0 Å². The summed E-state index contributed by atoms with van der Waals surface area (Å²) in [5, 5.41) is 7.50. The van der Waals surface area contributed by atoms with E-state index >= 15 is 0 Å². The summed E-state index contributed by atoms with van der Waals surface area (Å²) in [5.74, 6) is -0.167. The number of rotatable bonds is 7. The Balaban J connectivity index is 1.27. The number of methoxy groups -OCH3 is 1. The summed E-state index contributed by atoms with van der Waals surface area (Å²) in [4.78, 5) is 24.6. The molecule has 1 aliphatic rings. The van der Waals surface area contributed by atoms with E-state index < -0.39 is 11.5 Å². The predicted octanol–water partition coefficient (Wildman–Crippen LogP) is 6.39. The van der Waals surface area contributed by atoms with Gasteiger partial charge in [-0.1, -0.05) is 83.4 Å². The van der Waals surface area contributed by atoms with Crippen LogP contribution in [-0.2, 0) is 19.7 Å². The van der Waals surface area contributed by atoms with Crippen LogP contribution in [-0.4, -0.2) is 28.8 Å². The Labute approximate surface area is 213 Å². The third kappa shape index (κ3) is 4.72. The zero-order valence-electron chi connectivity index (χ0n) is 19.9. The Hall–Kier alpha value is -4.04. The molecule has 1 N–H and O–H groups in total. The molecule has 0 saturated heterocycles. The number of anilines is 1. The molecule has 182 valence electrons. The van der Waals surface area contributed by atoms with Crippen LogP contribution >= 0.6 is 11.5 Å². The van der Waals surface area contributed by atoms with Gasteiger partial charge in [0.2, 0.25) is 0 Å². The molecular weight excluding hydrogens is 474 g/mol. The number of esters is 1. The highest BCUT2D eigenvalue weighted by Crippen LogP contribution is 2.49. The Bertz CT molecular complexity index is 1360. The van der Waals surface area contributed by atoms with E-state index in [-0.39, 0.29) is 12.1 Å². The molecule has 0 spiro atoms. The number of aromatic nitrogens is 2. The molecule has 0 bridgehead atoms. The molecule has 8 heteroatoms. The third-order valence-electron chi connectivity index (χ3n) is 6.51. The number of hydrogen-bond donors (Lipinski definition) is 1. The molecule has 1 aliphatic carbocycles. The maximum absolute atomic E-state index is 12.5. The Morgan fingerprint density at radius 1 is 0.917 bits per heavy atom. The fraction of sp³-hybridized carbons (Fsp3) is 0.214. The lowest BCUT2D eigenvalue weighted by Gasteiger charge is -2.14. The summed E-state index contributed by atoms with van der Waals surface area (Å²) in [6.45, 7) is 1.83. The van der Waals surface area contributed by atoms with Crippen LogP contribution in [0.5, 0.6) is 0 Å². The van der Waals surface area contributed by atoms with Crippen LogP contribution in [0.4, 0.5) is 9.80 Å². The zero-order chi connectivity index (χ0) is 25.1. The second-order valence-corrected chi connectivity index (χ2v) is 9.52. The first kappa shape index (κ1) is 23.7. The molecule has 3 aromatic carbocycles. The first-order valence-corrected chi connectivity index (χ1v) is 12.4. The quantitative estimate of drug-likeness (QED) is 0.297. The molecule has 1 amide bonds. The summed E-state index contributed by atoms with van der Waals surface area (Å²) >= 11 is 1.10. The SMILES string of the molecule is COC(=O)C1(c2ccc(-c3ccc(-c4nnsc4NC(=O)O[C@H](C)c4ccccc4)cc3)cc2)CC1. The van der Waals surface area contributed by atoms with Gasteiger partial charge < -0.3 is 9.47 Å². The third-order valence-corrected chi connectivity index (χ3v) is 7.15. The van der Waals surface area contributed by atoms with E-state index in [9.17, 15) is 9.59 Å². The number of nitrogens with one attached hydrogen (secondary N) is 1. The molecule has 1 saturated carbocycles. The summed E-state index contributed by atoms with van der Waals surface area (Å²) in [5.41, 5.74) is 4.92. The second-order valence-electron chi connectivity index (χ2n) is 8.76. The van der Waals surface area contributed by atoms with Gasteiger partial charge in [-0.05, 0) is 42.0 Å². The molecule has 0 aliphatic heterocycles. The first-order valence-electron chi connectivity index (χ1n) is 11.6. The van der Waals surface area contributed by atoms with Crippen LogP contribution in [0, 0.1) is 0 Å². The Morgan fingerprint density at radius 3 is 2.14 bits per heavy atom. The van der Waals surface area contributed by atoms with Gasteiger partial charge >= 0.3 is 12.1 Å². The van der Waals surface area contributed by atoms with Gasteiger partial charge in [-0.3, -0.25) is 10.1 Å². The van der Waals surface area contributed by atoms with Crippen LogP contribution < -0.4 is 5.32 Å². The van der Waals surface area contributed by atoms with Gasteiger partial charge in [-0.25, -0.2) is 4.79 Å². The molecule has 1 atom stereocenters. The summed E-state index contributed by atoms with van der Waals surface area (Å²) < 4.78 is 14.5. The van der Waals surface area contributed by atoms with Crippen LogP contribution in [0.25, 0.3) is 22.4 Å². The summed E-state index contributed by atoms with van der Waals surface area (Å²) in [6, 6.07) is 25.5. The maximum atomic E-state index is 12.5. The number of benzene rings is 3. The monoisotopic (exact) mass is 499 g/mol. The van der Waals surface area contributed by atoms with Crippen molar-refractivity contribution in [1.29, 1.82) is 0 Å². The van der Waals surface area contributed by atoms with Gasteiger partial charge in [0.05, 0.1) is 12.5 Å². The fourth-order valence-electron chi connectivity index (χ4n) is 4.27. The minimum atomic E-state index is -0.559. The van der Waals surface area contributed by atoms with Gasteiger partial charge in [0.1, 0.15) is 16.8 Å². The van der Waals surface area contributed by atoms with Crippen molar-refractivity contribution in [2.45, 2.75) is 31.3 Å². The van der Waals surface area contributed by atoms with Crippen molar-refractivity contribution in [3.05, 3.63) is 90.0 Å². The van der Waals surface area contributed by atoms with E-state index in [4.69, 9.17) is 9.47 Å². The van der Waals surface area contributed by atoms with Crippen molar-refractivity contribution in [1.82, 2.24) is 9.59 Å². The van der Waals surface area contributed by atoms with Crippen molar-refractivity contribution < 1.29 is 19.1 Å². The van der Waals surface area contributed by atoms with Gasteiger partial charge in [-0.15, -0.1) is 5.10 Å². The fourth-order valence-corrected chi connectivity index (χ4v) is 4.85. The highest BCUT2D eigenvalue weighted by atomic mass is 32.1. The molecule has 1 fully saturated rings. The highest BCUT2D eigenvalue weighted by Gasteiger charge is 2.52. The van der Waals surface area contributed by atoms with E-state index in [1.165, 1.54) is 7.11 Å². The van der Waals surface area contributed by atoms with E-state index in [2.05, 4.69) is 14.9 Å². The minimum absolute atomic E-state index is 0.167. The topological polar surface area (TPSA) is 90.4 Å². The van der Waals surface area contributed by atoms with Crippen LogP contribution in [0.3, 0.4) is 0 Å². The summed E-state index contributed by atoms with van der Waals surface area (Å²) in [7, 11) is 1.44. The van der Waals surface area contributed by atoms with E-state index in [1.807, 2.05) is 85.8 Å². The van der Waals surface area contributed by atoms with Crippen molar-refractivity contribution in [2.75, 3.05) is 12.4 Å². The molecule has 7 nitrogen and oxygen atoms in total. The number of nitrogens with zero attached hydrogens (tertiary/aromatic N) is 2. The van der Waals surface area contributed by atoms with E-state index in [1.54, 1.807) is 0 Å². The standard InChI is InChI=1S/C28H25N3O4S/c1-18(19-6-4-3-5-7-19)35-27(33)29-25-24(30-31-36-25)22-10-8-20(9-11-22)21-12-14-23(15-13-21)28(16-17-28)26(32)34-2/h3-15,18H,16-17H2,1-2H3,(H,29,33)/t18-/m1/s1. The van der Waals surface area contributed by atoms with Crippen molar-refractivity contribution in [2.24, 2.45) is 0 Å². The average molecular weight is 500 g/mol. The Morgan fingerprint density at radius 2 is 1.53 bits per heavy atom.